The molecule has 0 N–H and O–H groups in total. The van der Waals surface area contributed by atoms with Gasteiger partial charge in [-0.25, -0.2) is 0 Å². The number of carbonyl (C=O) groups is 3. The van der Waals surface area contributed by atoms with Gasteiger partial charge in [-0.1, -0.05) is 272 Å². The molecule has 0 rings (SSSR count). The van der Waals surface area contributed by atoms with E-state index in [1.807, 2.05) is 0 Å². The largest absolute Gasteiger partial charge is 0.462 e. The van der Waals surface area contributed by atoms with Gasteiger partial charge in [0.2, 0.25) is 0 Å². The zero-order valence-corrected chi connectivity index (χ0v) is 41.6. The van der Waals surface area contributed by atoms with Crippen molar-refractivity contribution in [2.24, 2.45) is 5.92 Å². The van der Waals surface area contributed by atoms with E-state index in [4.69, 9.17) is 14.2 Å². The van der Waals surface area contributed by atoms with Crippen molar-refractivity contribution >= 4 is 17.9 Å². The summed E-state index contributed by atoms with van der Waals surface area (Å²) in [6.45, 7) is 9.07. The van der Waals surface area contributed by atoms with Gasteiger partial charge in [-0.05, 0) is 25.2 Å². The van der Waals surface area contributed by atoms with Gasteiger partial charge in [0.1, 0.15) is 13.2 Å². The molecule has 0 aliphatic rings. The van der Waals surface area contributed by atoms with E-state index >= 15 is 0 Å². The van der Waals surface area contributed by atoms with E-state index in [-0.39, 0.29) is 31.1 Å². The standard InChI is InChI=1S/C55H106O6/c1-5-8-10-12-14-16-17-27-32-36-40-44-48-55(58)61-52(49-59-53(56)46-42-38-34-29-15-13-11-9-6-2)50-60-54(57)47-43-39-35-31-28-25-23-21-19-18-20-22-24-26-30-33-37-41-45-51(4)7-3/h51-52H,5-50H2,1-4H3/t51?,52-/m1/s1. The Kier molecular flexibility index (Phi) is 48.1. The Hall–Kier alpha value is -1.59. The van der Waals surface area contributed by atoms with Crippen molar-refractivity contribution in [3.8, 4) is 0 Å². The second-order valence-electron chi connectivity index (χ2n) is 19.1. The van der Waals surface area contributed by atoms with Crippen molar-refractivity contribution in [1.29, 1.82) is 0 Å². The molecule has 0 fully saturated rings. The van der Waals surface area contributed by atoms with Crippen molar-refractivity contribution in [3.63, 3.8) is 0 Å². The van der Waals surface area contributed by atoms with Crippen LogP contribution in [0.3, 0.4) is 0 Å². The number of hydrogen-bond donors (Lipinski definition) is 0. The fraction of sp³-hybridized carbons (Fsp3) is 0.945. The topological polar surface area (TPSA) is 78.9 Å². The first kappa shape index (κ1) is 59.4. The van der Waals surface area contributed by atoms with Gasteiger partial charge in [0.05, 0.1) is 0 Å². The summed E-state index contributed by atoms with van der Waals surface area (Å²) >= 11 is 0. The molecule has 0 radical (unpaired) electrons. The fourth-order valence-corrected chi connectivity index (χ4v) is 8.36. The summed E-state index contributed by atoms with van der Waals surface area (Å²) in [5, 5.41) is 0. The molecule has 0 heterocycles. The summed E-state index contributed by atoms with van der Waals surface area (Å²) in [6.07, 6.45) is 52.4. The molecular weight excluding hydrogens is 757 g/mol. The summed E-state index contributed by atoms with van der Waals surface area (Å²) in [4.78, 5) is 37.9. The SMILES string of the molecule is CCCCCCCCCCCCCCC(=O)O[C@H](COC(=O)CCCCCCCCCCC)COC(=O)CCCCCCCCCCCCCCCCCCCCC(C)CC. The Balaban J connectivity index is 4.15. The third-order valence-electron chi connectivity index (χ3n) is 12.9. The first-order chi connectivity index (χ1) is 29.9. The van der Waals surface area contributed by atoms with Crippen molar-refractivity contribution < 1.29 is 28.6 Å². The molecule has 1 unspecified atom stereocenters. The predicted octanol–water partition coefficient (Wildman–Crippen LogP) is 17.8. The van der Waals surface area contributed by atoms with Gasteiger partial charge >= 0.3 is 17.9 Å². The highest BCUT2D eigenvalue weighted by atomic mass is 16.6. The molecule has 0 saturated carbocycles. The lowest BCUT2D eigenvalue weighted by molar-refractivity contribution is -0.167. The maximum absolute atomic E-state index is 12.8. The smallest absolute Gasteiger partial charge is 0.306 e. The van der Waals surface area contributed by atoms with Gasteiger partial charge in [0, 0.05) is 19.3 Å². The monoisotopic (exact) mass is 863 g/mol. The Bertz CT molecular complexity index is 920. The van der Waals surface area contributed by atoms with Crippen LogP contribution in [0.25, 0.3) is 0 Å². The minimum Gasteiger partial charge on any atom is -0.462 e. The predicted molar refractivity (Wildman–Crippen MR) is 261 cm³/mol. The van der Waals surface area contributed by atoms with E-state index in [0.29, 0.717) is 19.3 Å². The average Bonchev–Trinajstić information content (AvgIpc) is 3.26. The summed E-state index contributed by atoms with van der Waals surface area (Å²) in [7, 11) is 0. The van der Waals surface area contributed by atoms with Crippen molar-refractivity contribution in [2.45, 2.75) is 316 Å². The molecular formula is C55H106O6. The molecule has 0 aromatic heterocycles. The molecule has 362 valence electrons. The van der Waals surface area contributed by atoms with Crippen LogP contribution in [-0.4, -0.2) is 37.2 Å². The third-order valence-corrected chi connectivity index (χ3v) is 12.9. The number of esters is 3. The van der Waals surface area contributed by atoms with Crippen LogP contribution in [0.1, 0.15) is 310 Å². The minimum atomic E-state index is -0.759. The van der Waals surface area contributed by atoms with E-state index in [2.05, 4.69) is 27.7 Å². The first-order valence-corrected chi connectivity index (χ1v) is 27.4. The van der Waals surface area contributed by atoms with Crippen LogP contribution in [0, 0.1) is 5.92 Å². The molecule has 0 saturated heterocycles. The highest BCUT2D eigenvalue weighted by Gasteiger charge is 2.19. The van der Waals surface area contributed by atoms with Gasteiger partial charge in [-0.15, -0.1) is 0 Å². The Morgan fingerprint density at radius 1 is 0.328 bits per heavy atom. The normalized spacial score (nSPS) is 12.4. The fourth-order valence-electron chi connectivity index (χ4n) is 8.36. The van der Waals surface area contributed by atoms with Crippen molar-refractivity contribution in [1.82, 2.24) is 0 Å². The molecule has 61 heavy (non-hydrogen) atoms. The van der Waals surface area contributed by atoms with Gasteiger partial charge in [-0.2, -0.15) is 0 Å². The highest BCUT2D eigenvalue weighted by Crippen LogP contribution is 2.18. The van der Waals surface area contributed by atoms with Crippen molar-refractivity contribution in [3.05, 3.63) is 0 Å². The maximum atomic E-state index is 12.8. The summed E-state index contributed by atoms with van der Waals surface area (Å²) in [5.74, 6) is 0.0658. The molecule has 2 atom stereocenters. The van der Waals surface area contributed by atoms with E-state index in [0.717, 1.165) is 63.7 Å². The van der Waals surface area contributed by atoms with Crippen LogP contribution in [0.15, 0.2) is 0 Å². The number of carbonyl (C=O) groups excluding carboxylic acids is 3. The Labute approximate surface area is 380 Å². The number of hydrogen-bond acceptors (Lipinski definition) is 6. The van der Waals surface area contributed by atoms with Crippen LogP contribution in [0.5, 0.6) is 0 Å². The van der Waals surface area contributed by atoms with Crippen LogP contribution < -0.4 is 0 Å². The van der Waals surface area contributed by atoms with E-state index < -0.39 is 6.10 Å². The number of ether oxygens (including phenoxy) is 3. The molecule has 0 spiro atoms. The third kappa shape index (κ3) is 47.7. The first-order valence-electron chi connectivity index (χ1n) is 27.4. The van der Waals surface area contributed by atoms with Gasteiger partial charge in [0.15, 0.2) is 6.10 Å². The van der Waals surface area contributed by atoms with Crippen molar-refractivity contribution in [2.75, 3.05) is 13.2 Å². The second kappa shape index (κ2) is 49.4. The maximum Gasteiger partial charge on any atom is 0.306 e. The molecule has 0 aliphatic carbocycles. The van der Waals surface area contributed by atoms with Crippen LogP contribution >= 0.6 is 0 Å². The lowest BCUT2D eigenvalue weighted by Gasteiger charge is -2.18. The lowest BCUT2D eigenvalue weighted by Crippen LogP contribution is -2.30. The van der Waals surface area contributed by atoms with E-state index in [9.17, 15) is 14.4 Å². The molecule has 6 nitrogen and oxygen atoms in total. The summed E-state index contributed by atoms with van der Waals surface area (Å²) in [6, 6.07) is 0. The Morgan fingerprint density at radius 2 is 0.574 bits per heavy atom. The second-order valence-corrected chi connectivity index (χ2v) is 19.1. The molecule has 0 bridgehead atoms. The summed E-state index contributed by atoms with van der Waals surface area (Å²) < 4.78 is 16.8. The molecule has 0 aromatic carbocycles. The van der Waals surface area contributed by atoms with Gasteiger partial charge in [0.25, 0.3) is 0 Å². The highest BCUT2D eigenvalue weighted by molar-refractivity contribution is 5.71. The summed E-state index contributed by atoms with van der Waals surface area (Å²) in [5.41, 5.74) is 0. The quantitative estimate of drug-likeness (QED) is 0.0344. The zero-order valence-electron chi connectivity index (χ0n) is 41.6. The van der Waals surface area contributed by atoms with Gasteiger partial charge in [-0.3, -0.25) is 14.4 Å². The number of rotatable bonds is 50. The van der Waals surface area contributed by atoms with Gasteiger partial charge < -0.3 is 14.2 Å². The molecule has 0 aromatic rings. The molecule has 0 amide bonds. The molecule has 0 aliphatic heterocycles. The number of unbranched alkanes of at least 4 members (excludes halogenated alkanes) is 36. The molecule has 6 heteroatoms. The van der Waals surface area contributed by atoms with Crippen LogP contribution in [-0.2, 0) is 28.6 Å². The minimum absolute atomic E-state index is 0.0624. The zero-order chi connectivity index (χ0) is 44.5. The van der Waals surface area contributed by atoms with E-state index in [1.54, 1.807) is 0 Å². The van der Waals surface area contributed by atoms with Crippen LogP contribution in [0.2, 0.25) is 0 Å². The lowest BCUT2D eigenvalue weighted by atomic mass is 9.99. The average molecular weight is 863 g/mol. The van der Waals surface area contributed by atoms with E-state index in [1.165, 1.54) is 205 Å². The Morgan fingerprint density at radius 3 is 0.852 bits per heavy atom. The van der Waals surface area contributed by atoms with Crippen LogP contribution in [0.4, 0.5) is 0 Å².